The fourth-order valence-corrected chi connectivity index (χ4v) is 3.46. The monoisotopic (exact) mass is 382 g/mol. The molecular formula is C18H30OSn. The van der Waals surface area contributed by atoms with Crippen LogP contribution in [0.1, 0.15) is 76.7 Å². The molecule has 0 saturated heterocycles. The van der Waals surface area contributed by atoms with Gasteiger partial charge in [0.15, 0.2) is 0 Å². The minimum absolute atomic E-state index is 1.18. The van der Waals surface area contributed by atoms with Crippen molar-refractivity contribution in [2.24, 2.45) is 0 Å². The third-order valence-electron chi connectivity index (χ3n) is 3.90. The van der Waals surface area contributed by atoms with Gasteiger partial charge >= 0.3 is 110 Å². The molecule has 112 valence electrons. The van der Waals surface area contributed by atoms with E-state index in [0.717, 1.165) is 0 Å². The van der Waals surface area contributed by atoms with E-state index in [1.807, 2.05) is 0 Å². The molecule has 0 aliphatic heterocycles. The Bertz CT molecular complexity index is 321. The number of aryl methyl sites for hydroxylation is 1. The van der Waals surface area contributed by atoms with Crippen LogP contribution in [0, 0.1) is 0 Å². The van der Waals surface area contributed by atoms with E-state index in [0.29, 0.717) is 0 Å². The molecule has 1 aromatic rings. The predicted molar refractivity (Wildman–Crippen MR) is 89.6 cm³/mol. The molecular weight excluding hydrogens is 351 g/mol. The standard InChI is InChI=1S/C18H29.H2O.Sn/c1-2-3-4-5-6-7-8-9-10-12-15-18-16-13-11-14-17-18;;/h13-14,16-17H,2-10,12,15H2,1H3;1H2;/q;;+1/p-1. The van der Waals surface area contributed by atoms with Crippen molar-refractivity contribution in [2.45, 2.75) is 77.6 Å². The average Bonchev–Trinajstić information content (AvgIpc) is 2.50. The van der Waals surface area contributed by atoms with Gasteiger partial charge < -0.3 is 0 Å². The van der Waals surface area contributed by atoms with Crippen molar-refractivity contribution in [3.05, 3.63) is 29.8 Å². The summed E-state index contributed by atoms with van der Waals surface area (Å²) in [5, 5.41) is 0. The molecule has 0 fully saturated rings. The summed E-state index contributed by atoms with van der Waals surface area (Å²) >= 11 is -1.22. The van der Waals surface area contributed by atoms with Gasteiger partial charge in [0.2, 0.25) is 0 Å². The van der Waals surface area contributed by atoms with E-state index in [4.69, 9.17) is 3.44 Å². The molecule has 0 heterocycles. The fourth-order valence-electron chi connectivity index (χ4n) is 2.56. The zero-order chi connectivity index (χ0) is 14.5. The first-order valence-corrected chi connectivity index (χ1v) is 11.1. The molecule has 0 spiro atoms. The van der Waals surface area contributed by atoms with Crippen LogP contribution in [-0.2, 0) is 6.42 Å². The zero-order valence-electron chi connectivity index (χ0n) is 13.0. The van der Waals surface area contributed by atoms with Gasteiger partial charge in [-0.1, -0.05) is 26.2 Å². The van der Waals surface area contributed by atoms with Crippen LogP contribution in [0.2, 0.25) is 0 Å². The van der Waals surface area contributed by atoms with Crippen molar-refractivity contribution in [1.82, 2.24) is 0 Å². The molecule has 0 aliphatic carbocycles. The predicted octanol–water partition coefficient (Wildman–Crippen LogP) is 4.39. The maximum absolute atomic E-state index is 9.16. The van der Waals surface area contributed by atoms with E-state index in [-0.39, 0.29) is 0 Å². The molecule has 1 N–H and O–H groups in total. The molecule has 1 rings (SSSR count). The molecule has 0 saturated carbocycles. The first-order chi connectivity index (χ1) is 9.86. The van der Waals surface area contributed by atoms with Gasteiger partial charge in [-0.3, -0.25) is 0 Å². The Labute approximate surface area is 135 Å². The molecule has 0 atom stereocenters. The second-order valence-electron chi connectivity index (χ2n) is 5.74. The fraction of sp³-hybridized carbons (Fsp3) is 0.667. The molecule has 1 nitrogen and oxygen atoms in total. The van der Waals surface area contributed by atoms with Crippen LogP contribution in [0.15, 0.2) is 24.3 Å². The number of unbranched alkanes of at least 4 members (excludes halogenated alkanes) is 9. The van der Waals surface area contributed by atoms with Crippen LogP contribution in [0.25, 0.3) is 0 Å². The van der Waals surface area contributed by atoms with Gasteiger partial charge in [-0.15, -0.1) is 0 Å². The van der Waals surface area contributed by atoms with Gasteiger partial charge in [0.05, 0.1) is 0 Å². The van der Waals surface area contributed by atoms with E-state index in [2.05, 4.69) is 31.2 Å². The van der Waals surface area contributed by atoms with Crippen LogP contribution in [-0.4, -0.2) is 25.0 Å². The first kappa shape index (κ1) is 18.0. The van der Waals surface area contributed by atoms with Crippen molar-refractivity contribution in [3.8, 4) is 0 Å². The van der Waals surface area contributed by atoms with Gasteiger partial charge in [0, 0.05) is 0 Å². The molecule has 2 radical (unpaired) electrons. The van der Waals surface area contributed by atoms with Gasteiger partial charge in [0.25, 0.3) is 0 Å². The van der Waals surface area contributed by atoms with Crippen molar-refractivity contribution in [3.63, 3.8) is 0 Å². The topological polar surface area (TPSA) is 20.2 Å². The minimum atomic E-state index is -1.22. The van der Waals surface area contributed by atoms with E-state index < -0.39 is 21.6 Å². The summed E-state index contributed by atoms with van der Waals surface area (Å²) in [7, 11) is 0. The first-order valence-electron chi connectivity index (χ1n) is 8.36. The third-order valence-corrected chi connectivity index (χ3v) is 5.59. The van der Waals surface area contributed by atoms with Gasteiger partial charge in [-0.25, -0.2) is 0 Å². The summed E-state index contributed by atoms with van der Waals surface area (Å²) in [6, 6.07) is 8.61. The number of hydrogen-bond donors (Lipinski definition) is 1. The second kappa shape index (κ2) is 12.7. The summed E-state index contributed by atoms with van der Waals surface area (Å²) < 4.78 is 10.3. The number of benzene rings is 1. The third kappa shape index (κ3) is 9.01. The molecule has 2 heteroatoms. The van der Waals surface area contributed by atoms with Crippen molar-refractivity contribution < 1.29 is 3.44 Å². The Morgan fingerprint density at radius 1 is 0.750 bits per heavy atom. The van der Waals surface area contributed by atoms with Crippen molar-refractivity contribution in [1.29, 1.82) is 0 Å². The van der Waals surface area contributed by atoms with Gasteiger partial charge in [-0.05, 0) is 0 Å². The summed E-state index contributed by atoms with van der Waals surface area (Å²) in [4.78, 5) is 0. The quantitative estimate of drug-likeness (QED) is 0.421. The Morgan fingerprint density at radius 2 is 1.25 bits per heavy atom. The average molecular weight is 381 g/mol. The second-order valence-corrected chi connectivity index (χ2v) is 8.03. The Hall–Kier alpha value is -0.0213. The van der Waals surface area contributed by atoms with Gasteiger partial charge in [-0.2, -0.15) is 0 Å². The molecule has 0 amide bonds. The number of rotatable bonds is 12. The van der Waals surface area contributed by atoms with Crippen LogP contribution in [0.4, 0.5) is 0 Å². The maximum atomic E-state index is 9.16. The number of hydrogen-bond acceptors (Lipinski definition) is 1. The SMILES string of the molecule is CCCCCCCCCCCCc1cc[c]([Sn][OH])cc1. The molecule has 0 unspecified atom stereocenters. The van der Waals surface area contributed by atoms with Gasteiger partial charge in [0.1, 0.15) is 0 Å². The molecule has 0 bridgehead atoms. The van der Waals surface area contributed by atoms with Crippen LogP contribution in [0.5, 0.6) is 0 Å². The molecule has 0 aromatic heterocycles. The molecule has 20 heavy (non-hydrogen) atoms. The Kier molecular flexibility index (Phi) is 11.4. The van der Waals surface area contributed by atoms with Crippen LogP contribution in [0.3, 0.4) is 0 Å². The zero-order valence-corrected chi connectivity index (χ0v) is 15.9. The van der Waals surface area contributed by atoms with Crippen LogP contribution >= 0.6 is 0 Å². The van der Waals surface area contributed by atoms with E-state index >= 15 is 0 Å². The summed E-state index contributed by atoms with van der Waals surface area (Å²) in [5.41, 5.74) is 1.43. The van der Waals surface area contributed by atoms with Crippen molar-refractivity contribution in [2.75, 3.05) is 0 Å². The van der Waals surface area contributed by atoms with Crippen molar-refractivity contribution >= 4 is 25.1 Å². The normalized spacial score (nSPS) is 10.9. The van der Waals surface area contributed by atoms with E-state index in [1.165, 1.54) is 79.8 Å². The summed E-state index contributed by atoms with van der Waals surface area (Å²) in [6.45, 7) is 2.28. The molecule has 0 aliphatic rings. The Balaban J connectivity index is 1.91. The summed E-state index contributed by atoms with van der Waals surface area (Å²) in [6.07, 6.45) is 15.2. The van der Waals surface area contributed by atoms with Crippen LogP contribution < -0.4 is 3.58 Å². The summed E-state index contributed by atoms with van der Waals surface area (Å²) in [5.74, 6) is 0. The molecule has 1 aromatic carbocycles. The Morgan fingerprint density at radius 3 is 1.75 bits per heavy atom. The van der Waals surface area contributed by atoms with E-state index in [1.54, 1.807) is 0 Å². The van der Waals surface area contributed by atoms with E-state index in [9.17, 15) is 0 Å².